The minimum atomic E-state index is -3.87. The van der Waals surface area contributed by atoms with Crippen LogP contribution in [0.4, 0.5) is 5.69 Å². The van der Waals surface area contributed by atoms with Crippen LogP contribution in [0.25, 0.3) is 5.69 Å². The van der Waals surface area contributed by atoms with E-state index < -0.39 is 10.0 Å². The maximum absolute atomic E-state index is 12.9. The Hall–Kier alpha value is -2.90. The van der Waals surface area contributed by atoms with E-state index in [0.717, 1.165) is 22.6 Å². The van der Waals surface area contributed by atoms with E-state index in [1.165, 1.54) is 6.07 Å². The third-order valence-electron chi connectivity index (χ3n) is 4.95. The Morgan fingerprint density at radius 3 is 2.41 bits per heavy atom. The number of rotatable bonds is 5. The van der Waals surface area contributed by atoms with Gasteiger partial charge in [-0.3, -0.25) is 4.79 Å². The van der Waals surface area contributed by atoms with Crippen LogP contribution in [0, 0.1) is 20.8 Å². The molecule has 1 heterocycles. The summed E-state index contributed by atoms with van der Waals surface area (Å²) in [4.78, 5) is 12.9. The van der Waals surface area contributed by atoms with Gasteiger partial charge in [0, 0.05) is 22.8 Å². The number of aryl methyl sites for hydroxylation is 3. The molecule has 1 amide bonds. The number of sulfonamides is 1. The van der Waals surface area contributed by atoms with Crippen molar-refractivity contribution in [3.8, 4) is 5.69 Å². The number of carbonyl (C=O) groups is 1. The van der Waals surface area contributed by atoms with E-state index >= 15 is 0 Å². The van der Waals surface area contributed by atoms with Crippen LogP contribution >= 0.6 is 0 Å². The molecule has 0 atom stereocenters. The van der Waals surface area contributed by atoms with E-state index in [1.807, 2.05) is 56.5 Å². The van der Waals surface area contributed by atoms with Crippen LogP contribution in [0.3, 0.4) is 0 Å². The second-order valence-corrected chi connectivity index (χ2v) is 8.66. The SMILES string of the molecule is CCc1ccc(NC(=O)c2cc(C)n(-c3cccc(C)c3)c2C)cc1S(N)(=O)=O. The largest absolute Gasteiger partial charge is 0.322 e. The monoisotopic (exact) mass is 411 g/mol. The third kappa shape index (κ3) is 4.26. The molecule has 0 fully saturated rings. The number of nitrogens with two attached hydrogens (primary N) is 1. The lowest BCUT2D eigenvalue weighted by atomic mass is 10.1. The summed E-state index contributed by atoms with van der Waals surface area (Å²) in [6.45, 7) is 7.71. The maximum Gasteiger partial charge on any atom is 0.257 e. The quantitative estimate of drug-likeness (QED) is 0.667. The smallest absolute Gasteiger partial charge is 0.257 e. The number of hydrogen-bond donors (Lipinski definition) is 2. The molecule has 0 saturated heterocycles. The molecular formula is C22H25N3O3S. The first-order chi connectivity index (χ1) is 13.6. The topological polar surface area (TPSA) is 94.2 Å². The summed E-state index contributed by atoms with van der Waals surface area (Å²) in [6.07, 6.45) is 0.525. The number of amides is 1. The lowest BCUT2D eigenvalue weighted by molar-refractivity contribution is 0.102. The van der Waals surface area contributed by atoms with Gasteiger partial charge in [-0.15, -0.1) is 0 Å². The number of primary sulfonamides is 1. The van der Waals surface area contributed by atoms with Crippen LogP contribution in [0.15, 0.2) is 53.4 Å². The lowest BCUT2D eigenvalue weighted by Crippen LogP contribution is -2.17. The van der Waals surface area contributed by atoms with Crippen molar-refractivity contribution in [2.24, 2.45) is 5.14 Å². The first-order valence-corrected chi connectivity index (χ1v) is 10.9. The molecule has 6 nitrogen and oxygen atoms in total. The number of nitrogens with zero attached hydrogens (tertiary/aromatic N) is 1. The van der Waals surface area contributed by atoms with Crippen molar-refractivity contribution in [1.29, 1.82) is 0 Å². The van der Waals surface area contributed by atoms with Gasteiger partial charge < -0.3 is 9.88 Å². The zero-order valence-electron chi connectivity index (χ0n) is 17.0. The highest BCUT2D eigenvalue weighted by Crippen LogP contribution is 2.24. The number of carbonyl (C=O) groups excluding carboxylic acids is 1. The van der Waals surface area contributed by atoms with Crippen molar-refractivity contribution in [2.75, 3.05) is 5.32 Å². The Labute approximate surface area is 171 Å². The highest BCUT2D eigenvalue weighted by atomic mass is 32.2. The molecule has 3 rings (SSSR count). The van der Waals surface area contributed by atoms with Crippen molar-refractivity contribution in [2.45, 2.75) is 39.0 Å². The number of benzene rings is 2. The molecule has 0 aliphatic carbocycles. The van der Waals surface area contributed by atoms with Crippen LogP contribution in [0.2, 0.25) is 0 Å². The molecule has 0 radical (unpaired) electrons. The second-order valence-electron chi connectivity index (χ2n) is 7.13. The average molecular weight is 412 g/mol. The number of anilines is 1. The second kappa shape index (κ2) is 7.85. The molecule has 0 aliphatic heterocycles. The highest BCUT2D eigenvalue weighted by molar-refractivity contribution is 7.89. The predicted octanol–water partition coefficient (Wildman–Crippen LogP) is 3.86. The molecule has 3 aromatic rings. The van der Waals surface area contributed by atoms with Crippen LogP contribution < -0.4 is 10.5 Å². The van der Waals surface area contributed by atoms with Gasteiger partial charge in [0.2, 0.25) is 10.0 Å². The molecule has 3 N–H and O–H groups in total. The molecule has 0 unspecified atom stereocenters. The highest BCUT2D eigenvalue weighted by Gasteiger charge is 2.19. The van der Waals surface area contributed by atoms with Gasteiger partial charge in [0.05, 0.1) is 10.5 Å². The Morgan fingerprint density at radius 1 is 1.07 bits per heavy atom. The van der Waals surface area contributed by atoms with Gasteiger partial charge in [-0.1, -0.05) is 25.1 Å². The molecule has 29 heavy (non-hydrogen) atoms. The Balaban J connectivity index is 1.96. The van der Waals surface area contributed by atoms with E-state index in [4.69, 9.17) is 5.14 Å². The van der Waals surface area contributed by atoms with E-state index in [1.54, 1.807) is 12.1 Å². The molecule has 1 aromatic heterocycles. The fraction of sp³-hybridized carbons (Fsp3) is 0.227. The molecule has 2 aromatic carbocycles. The summed E-state index contributed by atoms with van der Waals surface area (Å²) in [5, 5.41) is 8.12. The van der Waals surface area contributed by atoms with Crippen LogP contribution in [0.1, 0.15) is 39.8 Å². The first kappa shape index (κ1) is 20.8. The van der Waals surface area contributed by atoms with Gasteiger partial charge in [0.25, 0.3) is 5.91 Å². The lowest BCUT2D eigenvalue weighted by Gasteiger charge is -2.12. The first-order valence-electron chi connectivity index (χ1n) is 9.35. The molecule has 0 saturated carbocycles. The van der Waals surface area contributed by atoms with E-state index in [2.05, 4.69) is 11.4 Å². The minimum absolute atomic E-state index is 0.0306. The van der Waals surface area contributed by atoms with E-state index in [-0.39, 0.29) is 10.8 Å². The standard InChI is InChI=1S/C22H25N3O3S/c1-5-17-9-10-18(13-21(17)29(23,27)28)24-22(26)20-12-15(3)25(16(20)4)19-8-6-7-14(2)11-19/h6-13H,5H2,1-4H3,(H,24,26)(H2,23,27,28). The zero-order chi connectivity index (χ0) is 21.3. The molecule has 0 aliphatic rings. The molecule has 0 spiro atoms. The normalized spacial score (nSPS) is 11.5. The minimum Gasteiger partial charge on any atom is -0.322 e. The maximum atomic E-state index is 12.9. The Bertz CT molecular complexity index is 1190. The van der Waals surface area contributed by atoms with Gasteiger partial charge in [-0.25, -0.2) is 13.6 Å². The van der Waals surface area contributed by atoms with Crippen LogP contribution in [-0.2, 0) is 16.4 Å². The van der Waals surface area contributed by atoms with Crippen LogP contribution in [0.5, 0.6) is 0 Å². The van der Waals surface area contributed by atoms with E-state index in [0.29, 0.717) is 23.2 Å². The van der Waals surface area contributed by atoms with Gasteiger partial charge in [-0.05, 0) is 68.7 Å². The Morgan fingerprint density at radius 2 is 1.79 bits per heavy atom. The van der Waals surface area contributed by atoms with Crippen molar-refractivity contribution in [3.05, 3.63) is 76.6 Å². The van der Waals surface area contributed by atoms with Crippen molar-refractivity contribution < 1.29 is 13.2 Å². The summed E-state index contributed by atoms with van der Waals surface area (Å²) < 4.78 is 25.8. The number of nitrogens with one attached hydrogen (secondary N) is 1. The summed E-state index contributed by atoms with van der Waals surface area (Å²) >= 11 is 0. The summed E-state index contributed by atoms with van der Waals surface area (Å²) in [7, 11) is -3.87. The molecule has 0 bridgehead atoms. The number of hydrogen-bond acceptors (Lipinski definition) is 3. The van der Waals surface area contributed by atoms with Crippen molar-refractivity contribution in [1.82, 2.24) is 4.57 Å². The van der Waals surface area contributed by atoms with Gasteiger partial charge >= 0.3 is 0 Å². The summed E-state index contributed by atoms with van der Waals surface area (Å²) in [5.41, 5.74) is 5.39. The third-order valence-corrected chi connectivity index (χ3v) is 5.94. The van der Waals surface area contributed by atoms with E-state index in [9.17, 15) is 13.2 Å². The van der Waals surface area contributed by atoms with Gasteiger partial charge in [-0.2, -0.15) is 0 Å². The van der Waals surface area contributed by atoms with Crippen molar-refractivity contribution >= 4 is 21.6 Å². The summed E-state index contributed by atoms with van der Waals surface area (Å²) in [5.74, 6) is -0.304. The van der Waals surface area contributed by atoms with Gasteiger partial charge in [0.15, 0.2) is 0 Å². The summed E-state index contributed by atoms with van der Waals surface area (Å²) in [6, 6.07) is 14.7. The fourth-order valence-electron chi connectivity index (χ4n) is 3.54. The zero-order valence-corrected chi connectivity index (χ0v) is 17.8. The van der Waals surface area contributed by atoms with Gasteiger partial charge in [0.1, 0.15) is 0 Å². The number of aromatic nitrogens is 1. The molecule has 7 heteroatoms. The molecule has 152 valence electrons. The van der Waals surface area contributed by atoms with Crippen LogP contribution in [-0.4, -0.2) is 18.9 Å². The fourth-order valence-corrected chi connectivity index (χ4v) is 4.41. The Kier molecular flexibility index (Phi) is 5.64. The van der Waals surface area contributed by atoms with Crippen molar-refractivity contribution in [3.63, 3.8) is 0 Å². The average Bonchev–Trinajstić information content (AvgIpc) is 2.95. The molecular weight excluding hydrogens is 386 g/mol. The predicted molar refractivity (Wildman–Crippen MR) is 115 cm³/mol.